The predicted octanol–water partition coefficient (Wildman–Crippen LogP) is 4.44. The summed E-state index contributed by atoms with van der Waals surface area (Å²) in [5.74, 6) is -0.938. The van der Waals surface area contributed by atoms with E-state index < -0.39 is 5.97 Å². The lowest BCUT2D eigenvalue weighted by Gasteiger charge is -2.32. The molecular weight excluding hydrogens is 334 g/mol. The van der Waals surface area contributed by atoms with Gasteiger partial charge in [-0.1, -0.05) is 41.7 Å². The lowest BCUT2D eigenvalue weighted by Crippen LogP contribution is -2.37. The number of piperidine rings is 1. The standard InChI is InChI=1S/C19H19N3O2S/c1-12-7-5-6-10-22(12)19-21-17-16(25-19)14(18(23)24)11-15(20-17)13-8-3-2-4-9-13/h2-4,8-9,11-12H,5-7,10H2,1H3,(H,23,24). The van der Waals surface area contributed by atoms with Crippen molar-refractivity contribution >= 4 is 32.8 Å². The number of carboxylic acids is 1. The summed E-state index contributed by atoms with van der Waals surface area (Å²) < 4.78 is 0.653. The van der Waals surface area contributed by atoms with Crippen molar-refractivity contribution in [2.24, 2.45) is 0 Å². The molecule has 1 fully saturated rings. The summed E-state index contributed by atoms with van der Waals surface area (Å²) in [7, 11) is 0. The molecule has 1 atom stereocenters. The van der Waals surface area contributed by atoms with Crippen LogP contribution in [0.2, 0.25) is 0 Å². The van der Waals surface area contributed by atoms with E-state index in [0.29, 0.717) is 22.1 Å². The molecule has 0 radical (unpaired) electrons. The average Bonchev–Trinajstić information content (AvgIpc) is 3.05. The van der Waals surface area contributed by atoms with Crippen molar-refractivity contribution in [3.63, 3.8) is 0 Å². The van der Waals surface area contributed by atoms with E-state index in [2.05, 4.69) is 21.8 Å². The maximum absolute atomic E-state index is 11.8. The molecule has 1 unspecified atom stereocenters. The topological polar surface area (TPSA) is 66.3 Å². The quantitative estimate of drug-likeness (QED) is 0.754. The van der Waals surface area contributed by atoms with E-state index in [9.17, 15) is 9.90 Å². The van der Waals surface area contributed by atoms with Gasteiger partial charge in [-0.3, -0.25) is 0 Å². The van der Waals surface area contributed by atoms with Crippen molar-refractivity contribution in [3.8, 4) is 11.3 Å². The lowest BCUT2D eigenvalue weighted by molar-refractivity contribution is 0.0699. The van der Waals surface area contributed by atoms with Gasteiger partial charge in [0.15, 0.2) is 10.8 Å². The van der Waals surface area contributed by atoms with Crippen LogP contribution in [0.3, 0.4) is 0 Å². The van der Waals surface area contributed by atoms with Gasteiger partial charge in [0.1, 0.15) is 0 Å². The molecule has 2 aromatic heterocycles. The molecule has 128 valence electrons. The lowest BCUT2D eigenvalue weighted by atomic mass is 10.1. The van der Waals surface area contributed by atoms with Gasteiger partial charge in [0.25, 0.3) is 0 Å². The van der Waals surface area contributed by atoms with E-state index in [4.69, 9.17) is 0 Å². The highest BCUT2D eigenvalue weighted by Gasteiger charge is 2.24. The van der Waals surface area contributed by atoms with Crippen LogP contribution in [0, 0.1) is 0 Å². The maximum atomic E-state index is 11.8. The van der Waals surface area contributed by atoms with Crippen LogP contribution in [0.4, 0.5) is 5.13 Å². The minimum atomic E-state index is -0.938. The van der Waals surface area contributed by atoms with Gasteiger partial charge in [0.2, 0.25) is 0 Å². The van der Waals surface area contributed by atoms with Gasteiger partial charge in [-0.25, -0.2) is 9.78 Å². The summed E-state index contributed by atoms with van der Waals surface area (Å²) in [6, 6.07) is 11.7. The number of hydrogen-bond donors (Lipinski definition) is 1. The van der Waals surface area contributed by atoms with Crippen LogP contribution in [0.1, 0.15) is 36.5 Å². The summed E-state index contributed by atoms with van der Waals surface area (Å²) >= 11 is 1.44. The highest BCUT2D eigenvalue weighted by atomic mass is 32.1. The van der Waals surface area contributed by atoms with E-state index >= 15 is 0 Å². The number of thiazole rings is 1. The van der Waals surface area contributed by atoms with E-state index in [1.165, 1.54) is 17.8 Å². The first kappa shape index (κ1) is 16.0. The SMILES string of the molecule is CC1CCCCN1c1nc2nc(-c3ccccc3)cc(C(=O)O)c2s1. The Morgan fingerprint density at radius 3 is 2.76 bits per heavy atom. The zero-order valence-electron chi connectivity index (χ0n) is 14.0. The Bertz CT molecular complexity index is 923. The number of rotatable bonds is 3. The Balaban J connectivity index is 1.85. The number of aromatic nitrogens is 2. The first-order chi connectivity index (χ1) is 12.1. The smallest absolute Gasteiger partial charge is 0.337 e. The molecule has 5 nitrogen and oxygen atoms in total. The van der Waals surface area contributed by atoms with E-state index in [1.807, 2.05) is 30.3 Å². The number of nitrogens with zero attached hydrogens (tertiary/aromatic N) is 3. The van der Waals surface area contributed by atoms with Gasteiger partial charge in [-0.15, -0.1) is 0 Å². The molecule has 6 heteroatoms. The molecule has 3 heterocycles. The molecule has 1 N–H and O–H groups in total. The third-order valence-electron chi connectivity index (χ3n) is 4.70. The zero-order chi connectivity index (χ0) is 17.4. The predicted molar refractivity (Wildman–Crippen MR) is 100 cm³/mol. The fourth-order valence-corrected chi connectivity index (χ4v) is 4.46. The van der Waals surface area contributed by atoms with Crippen LogP contribution >= 0.6 is 11.3 Å². The minimum absolute atomic E-state index is 0.275. The Labute approximate surface area is 150 Å². The van der Waals surface area contributed by atoms with E-state index in [-0.39, 0.29) is 5.56 Å². The van der Waals surface area contributed by atoms with Crippen LogP contribution in [0.5, 0.6) is 0 Å². The fourth-order valence-electron chi connectivity index (χ4n) is 3.32. The first-order valence-electron chi connectivity index (χ1n) is 8.50. The van der Waals surface area contributed by atoms with Crippen molar-refractivity contribution in [1.29, 1.82) is 0 Å². The third kappa shape index (κ3) is 2.98. The molecule has 0 saturated carbocycles. The first-order valence-corrected chi connectivity index (χ1v) is 9.32. The van der Waals surface area contributed by atoms with Crippen LogP contribution < -0.4 is 4.90 Å². The molecule has 0 spiro atoms. The highest BCUT2D eigenvalue weighted by molar-refractivity contribution is 7.22. The van der Waals surface area contributed by atoms with Gasteiger partial charge in [0, 0.05) is 18.2 Å². The minimum Gasteiger partial charge on any atom is -0.478 e. The normalized spacial score (nSPS) is 17.8. The van der Waals surface area contributed by atoms with Crippen LogP contribution in [0.15, 0.2) is 36.4 Å². The Morgan fingerprint density at radius 1 is 1.24 bits per heavy atom. The van der Waals surface area contributed by atoms with Gasteiger partial charge in [-0.05, 0) is 32.3 Å². The second-order valence-corrected chi connectivity index (χ2v) is 7.39. The number of carbonyl (C=O) groups is 1. The number of aromatic carboxylic acids is 1. The second kappa shape index (κ2) is 6.44. The zero-order valence-corrected chi connectivity index (χ0v) is 14.8. The highest BCUT2D eigenvalue weighted by Crippen LogP contribution is 2.35. The van der Waals surface area contributed by atoms with Crippen LogP contribution in [-0.2, 0) is 0 Å². The van der Waals surface area contributed by atoms with Crippen molar-refractivity contribution in [2.75, 3.05) is 11.4 Å². The number of anilines is 1. The van der Waals surface area contributed by atoms with Gasteiger partial charge >= 0.3 is 5.97 Å². The third-order valence-corrected chi connectivity index (χ3v) is 5.81. The Kier molecular flexibility index (Phi) is 4.13. The van der Waals surface area contributed by atoms with E-state index in [1.54, 1.807) is 6.07 Å². The molecule has 1 saturated heterocycles. The monoisotopic (exact) mass is 353 g/mol. The molecule has 1 aliphatic rings. The van der Waals surface area contributed by atoms with Crippen molar-refractivity contribution in [3.05, 3.63) is 42.0 Å². The number of pyridine rings is 1. The summed E-state index contributed by atoms with van der Waals surface area (Å²) in [6.07, 6.45) is 3.53. The average molecular weight is 353 g/mol. The number of carboxylic acid groups (broad SMARTS) is 1. The maximum Gasteiger partial charge on any atom is 0.337 e. The summed E-state index contributed by atoms with van der Waals surface area (Å²) in [6.45, 7) is 3.17. The molecular formula is C19H19N3O2S. The number of hydrogen-bond acceptors (Lipinski definition) is 5. The van der Waals surface area contributed by atoms with Crippen molar-refractivity contribution in [1.82, 2.24) is 9.97 Å². The number of fused-ring (bicyclic) bond motifs is 1. The molecule has 0 aliphatic carbocycles. The molecule has 3 aromatic rings. The molecule has 0 bridgehead atoms. The van der Waals surface area contributed by atoms with Gasteiger partial charge in [0.05, 0.1) is 16.0 Å². The van der Waals surface area contributed by atoms with Crippen molar-refractivity contribution < 1.29 is 9.90 Å². The molecule has 0 amide bonds. The Hall–Kier alpha value is -2.47. The molecule has 25 heavy (non-hydrogen) atoms. The van der Waals surface area contributed by atoms with Gasteiger partial charge < -0.3 is 10.0 Å². The summed E-state index contributed by atoms with van der Waals surface area (Å²) in [5, 5.41) is 10.5. The summed E-state index contributed by atoms with van der Waals surface area (Å²) in [4.78, 5) is 23.4. The molecule has 1 aliphatic heterocycles. The molecule has 4 rings (SSSR count). The fraction of sp³-hybridized carbons (Fsp3) is 0.316. The van der Waals surface area contributed by atoms with E-state index in [0.717, 1.165) is 30.1 Å². The van der Waals surface area contributed by atoms with Crippen molar-refractivity contribution in [2.45, 2.75) is 32.2 Å². The number of benzene rings is 1. The Morgan fingerprint density at radius 2 is 2.04 bits per heavy atom. The molecule has 1 aromatic carbocycles. The largest absolute Gasteiger partial charge is 0.478 e. The summed E-state index contributed by atoms with van der Waals surface area (Å²) in [5.41, 5.74) is 2.34. The van der Waals surface area contributed by atoms with Gasteiger partial charge in [-0.2, -0.15) is 4.98 Å². The van der Waals surface area contributed by atoms with Crippen LogP contribution in [-0.4, -0.2) is 33.6 Å². The van der Waals surface area contributed by atoms with Crippen LogP contribution in [0.25, 0.3) is 21.6 Å². The second-order valence-electron chi connectivity index (χ2n) is 6.41.